The predicted octanol–water partition coefficient (Wildman–Crippen LogP) is 4.02. The molecule has 1 aromatic carbocycles. The van der Waals surface area contributed by atoms with Crippen LogP contribution in [-0.4, -0.2) is 5.11 Å². The maximum absolute atomic E-state index is 11.2. The molecule has 0 heterocycles. The van der Waals surface area contributed by atoms with Crippen molar-refractivity contribution in [1.29, 1.82) is 0 Å². The van der Waals surface area contributed by atoms with Crippen LogP contribution < -0.4 is 5.43 Å². The molecule has 0 unspecified atom stereocenters. The molecule has 0 radical (unpaired) electrons. The Morgan fingerprint density at radius 1 is 0.714 bits per heavy atom. The van der Waals surface area contributed by atoms with Gasteiger partial charge < -0.3 is 5.11 Å². The van der Waals surface area contributed by atoms with Crippen molar-refractivity contribution in [2.24, 2.45) is 0 Å². The van der Waals surface area contributed by atoms with Gasteiger partial charge in [0.1, 0.15) is 10.0 Å². The molecule has 0 aromatic heterocycles. The molecule has 0 aliphatic rings. The largest absolute Gasteiger partial charge is 0.503 e. The molecule has 1 aromatic rings. The van der Waals surface area contributed by atoms with Crippen LogP contribution in [0.15, 0.2) is 4.79 Å². The molecule has 0 aliphatic carbocycles. The van der Waals surface area contributed by atoms with Crippen LogP contribution in [0.25, 0.3) is 0 Å². The van der Waals surface area contributed by atoms with Gasteiger partial charge in [-0.1, -0.05) is 58.0 Å². The van der Waals surface area contributed by atoms with Crippen molar-refractivity contribution in [3.8, 4) is 5.75 Å². The lowest BCUT2D eigenvalue weighted by Gasteiger charge is -1.93. The molecule has 14 heavy (non-hydrogen) atoms. The highest BCUT2D eigenvalue weighted by atomic mass is 35.5. The molecule has 0 saturated carbocycles. The highest BCUT2D eigenvalue weighted by Gasteiger charge is 2.17. The molecule has 2 nitrogen and oxygen atoms in total. The van der Waals surface area contributed by atoms with Gasteiger partial charge in [0.2, 0.25) is 5.43 Å². The summed E-state index contributed by atoms with van der Waals surface area (Å²) < 4.78 is 0. The van der Waals surface area contributed by atoms with Gasteiger partial charge in [-0.25, -0.2) is 0 Å². The van der Waals surface area contributed by atoms with E-state index in [-0.39, 0.29) is 20.1 Å². The smallest absolute Gasteiger partial charge is 0.241 e. The van der Waals surface area contributed by atoms with Gasteiger partial charge in [0.25, 0.3) is 0 Å². The third-order valence-corrected chi connectivity index (χ3v) is 3.64. The number of hydrogen-bond donors (Lipinski definition) is 1. The summed E-state index contributed by atoms with van der Waals surface area (Å²) in [6, 6.07) is 0. The Kier molecular flexibility index (Phi) is 3.78. The molecule has 7 heteroatoms. The van der Waals surface area contributed by atoms with Crippen LogP contribution in [0.3, 0.4) is 0 Å². The van der Waals surface area contributed by atoms with Crippen molar-refractivity contribution in [1.82, 2.24) is 0 Å². The van der Waals surface area contributed by atoms with Crippen LogP contribution in [0.2, 0.25) is 25.1 Å². The molecule has 1 N–H and O–H groups in total. The highest BCUT2D eigenvalue weighted by Crippen LogP contribution is 2.39. The molecule has 0 atom stereocenters. The quantitative estimate of drug-likeness (QED) is 0.784. The van der Waals surface area contributed by atoms with Crippen LogP contribution in [0.5, 0.6) is 5.75 Å². The van der Waals surface area contributed by atoms with Gasteiger partial charge in [0, 0.05) is 0 Å². The summed E-state index contributed by atoms with van der Waals surface area (Å²) in [4.78, 5) is 11.2. The third-order valence-electron chi connectivity index (χ3n) is 1.39. The first-order chi connectivity index (χ1) is 6.37. The molecule has 76 valence electrons. The Balaban J connectivity index is 3.96. The van der Waals surface area contributed by atoms with E-state index < -0.39 is 16.2 Å². The molecule has 0 saturated heterocycles. The normalized spacial score (nSPS) is 10.4. The van der Waals surface area contributed by atoms with E-state index in [1.54, 1.807) is 0 Å². The highest BCUT2D eigenvalue weighted by molar-refractivity contribution is 6.54. The van der Waals surface area contributed by atoms with Gasteiger partial charge in [0.05, 0.1) is 15.1 Å². The molecule has 0 bridgehead atoms. The SMILES string of the molecule is O=c1c(O)c(Cl)c(Cl)c(Cl)c(Cl)c1Cl. The second-order valence-corrected chi connectivity index (χ2v) is 4.14. The van der Waals surface area contributed by atoms with Gasteiger partial charge in [0.15, 0.2) is 5.75 Å². The summed E-state index contributed by atoms with van der Waals surface area (Å²) in [5.74, 6) is -0.782. The number of rotatable bonds is 0. The molecule has 0 aliphatic heterocycles. The first-order valence-corrected chi connectivity index (χ1v) is 5.01. The first kappa shape index (κ1) is 12.2. The Bertz CT molecular complexity index is 417. The van der Waals surface area contributed by atoms with Crippen molar-refractivity contribution < 1.29 is 5.11 Å². The van der Waals surface area contributed by atoms with E-state index in [9.17, 15) is 9.90 Å². The minimum absolute atomic E-state index is 0.180. The second kappa shape index (κ2) is 4.33. The van der Waals surface area contributed by atoms with E-state index in [0.29, 0.717) is 0 Å². The minimum Gasteiger partial charge on any atom is -0.503 e. The van der Waals surface area contributed by atoms with Crippen molar-refractivity contribution in [3.63, 3.8) is 0 Å². The van der Waals surface area contributed by atoms with Crippen molar-refractivity contribution in [2.45, 2.75) is 0 Å². The van der Waals surface area contributed by atoms with Crippen molar-refractivity contribution >= 4 is 58.0 Å². The fourth-order valence-corrected chi connectivity index (χ4v) is 1.76. The Hall–Kier alpha value is 0.140. The average Bonchev–Trinajstić information content (AvgIpc) is 2.23. The number of aromatic hydroxyl groups is 1. The maximum atomic E-state index is 11.2. The standard InChI is InChI=1S/C7HCl5O2/c8-1-2(9)4(11)6(13)7(14)5(12)3(1)10/h(H,13,14). The van der Waals surface area contributed by atoms with Gasteiger partial charge >= 0.3 is 0 Å². The zero-order valence-electron chi connectivity index (χ0n) is 6.25. The number of halogens is 5. The average molecular weight is 294 g/mol. The molecular formula is C7HCl5O2. The zero-order chi connectivity index (χ0) is 11.0. The van der Waals surface area contributed by atoms with E-state index in [4.69, 9.17) is 58.0 Å². The van der Waals surface area contributed by atoms with Crippen LogP contribution in [0.4, 0.5) is 0 Å². The maximum Gasteiger partial charge on any atom is 0.241 e. The molecule has 0 spiro atoms. The van der Waals surface area contributed by atoms with E-state index in [1.165, 1.54) is 0 Å². The summed E-state index contributed by atoms with van der Waals surface area (Å²) in [5.41, 5.74) is -0.921. The van der Waals surface area contributed by atoms with Crippen LogP contribution in [-0.2, 0) is 0 Å². The van der Waals surface area contributed by atoms with E-state index >= 15 is 0 Å². The van der Waals surface area contributed by atoms with Crippen LogP contribution >= 0.6 is 58.0 Å². The zero-order valence-corrected chi connectivity index (χ0v) is 10.0. The van der Waals surface area contributed by atoms with Crippen LogP contribution in [0, 0.1) is 0 Å². The van der Waals surface area contributed by atoms with Crippen LogP contribution in [0.1, 0.15) is 0 Å². The third kappa shape index (κ3) is 1.90. The van der Waals surface area contributed by atoms with E-state index in [1.807, 2.05) is 0 Å². The molecule has 0 fully saturated rings. The molecule has 0 amide bonds. The fraction of sp³-hybridized carbons (Fsp3) is 0. The topological polar surface area (TPSA) is 37.3 Å². The molecule has 1 rings (SSSR count). The first-order valence-electron chi connectivity index (χ1n) is 3.12. The predicted molar refractivity (Wildman–Crippen MR) is 59.4 cm³/mol. The van der Waals surface area contributed by atoms with Crippen molar-refractivity contribution in [2.75, 3.05) is 0 Å². The van der Waals surface area contributed by atoms with E-state index in [0.717, 1.165) is 0 Å². The molecular weight excluding hydrogens is 293 g/mol. The minimum atomic E-state index is -0.921. The summed E-state index contributed by atoms with van der Waals surface area (Å²) in [7, 11) is 0. The summed E-state index contributed by atoms with van der Waals surface area (Å²) in [6.07, 6.45) is 0. The second-order valence-electron chi connectivity index (χ2n) is 2.25. The van der Waals surface area contributed by atoms with E-state index in [2.05, 4.69) is 0 Å². The Labute approximate surface area is 104 Å². The van der Waals surface area contributed by atoms with Gasteiger partial charge in [-0.05, 0) is 0 Å². The Morgan fingerprint density at radius 2 is 1.07 bits per heavy atom. The van der Waals surface area contributed by atoms with Gasteiger partial charge in [-0.3, -0.25) is 4.79 Å². The van der Waals surface area contributed by atoms with Gasteiger partial charge in [-0.15, -0.1) is 0 Å². The lowest BCUT2D eigenvalue weighted by molar-refractivity contribution is 0.471. The summed E-state index contributed by atoms with van der Waals surface area (Å²) >= 11 is 27.9. The number of hydrogen-bond acceptors (Lipinski definition) is 2. The summed E-state index contributed by atoms with van der Waals surface area (Å²) in [5, 5.41) is 7.79. The Morgan fingerprint density at radius 3 is 1.57 bits per heavy atom. The summed E-state index contributed by atoms with van der Waals surface area (Å²) in [6.45, 7) is 0. The fourth-order valence-electron chi connectivity index (χ4n) is 0.696. The monoisotopic (exact) mass is 292 g/mol. The van der Waals surface area contributed by atoms with Crippen molar-refractivity contribution in [3.05, 3.63) is 35.3 Å². The lowest BCUT2D eigenvalue weighted by atomic mass is 10.4. The lowest BCUT2D eigenvalue weighted by Crippen LogP contribution is -1.97. The van der Waals surface area contributed by atoms with Gasteiger partial charge in [-0.2, -0.15) is 0 Å².